The van der Waals surface area contributed by atoms with Crippen LogP contribution in [0.15, 0.2) is 11.4 Å². The minimum Gasteiger partial charge on any atom is -0.352 e. The summed E-state index contributed by atoms with van der Waals surface area (Å²) in [7, 11) is 0. The molecule has 0 unspecified atom stereocenters. The van der Waals surface area contributed by atoms with E-state index in [1.54, 1.807) is 4.88 Å². The molecule has 1 aliphatic heterocycles. The van der Waals surface area contributed by atoms with Gasteiger partial charge in [-0.3, -0.25) is 4.90 Å². The van der Waals surface area contributed by atoms with Crippen LogP contribution in [0.4, 0.5) is 0 Å². The summed E-state index contributed by atoms with van der Waals surface area (Å²) in [5.41, 5.74) is 1.48. The van der Waals surface area contributed by atoms with E-state index in [-0.39, 0.29) is 6.29 Å². The summed E-state index contributed by atoms with van der Waals surface area (Å²) in [5, 5.41) is 2.19. The first-order valence-corrected chi connectivity index (χ1v) is 7.22. The Bertz CT molecular complexity index is 334. The molecule has 4 heteroatoms. The summed E-state index contributed by atoms with van der Waals surface area (Å²) in [4.78, 5) is 3.97. The van der Waals surface area contributed by atoms with E-state index in [0.717, 1.165) is 26.1 Å². The molecule has 0 radical (unpaired) electrons. The molecular weight excluding hydrogens is 234 g/mol. The minimum absolute atomic E-state index is 0.0785. The number of ether oxygens (including phenoxy) is 2. The van der Waals surface area contributed by atoms with Crippen molar-refractivity contribution in [1.82, 2.24) is 4.90 Å². The molecule has 0 fully saturated rings. The maximum atomic E-state index is 5.59. The molecule has 0 N–H and O–H groups in total. The van der Waals surface area contributed by atoms with Crippen molar-refractivity contribution in [2.75, 3.05) is 26.3 Å². The second-order valence-corrected chi connectivity index (χ2v) is 5.20. The average Bonchev–Trinajstić information content (AvgIpc) is 2.77. The fourth-order valence-corrected chi connectivity index (χ4v) is 3.09. The Hall–Kier alpha value is -0.420. The second-order valence-electron chi connectivity index (χ2n) is 4.19. The number of hydrogen-bond acceptors (Lipinski definition) is 4. The van der Waals surface area contributed by atoms with Crippen LogP contribution in [-0.2, 0) is 22.4 Å². The lowest BCUT2D eigenvalue weighted by Crippen LogP contribution is -2.38. The van der Waals surface area contributed by atoms with Crippen LogP contribution in [0.5, 0.6) is 0 Å². The molecule has 0 saturated heterocycles. The second kappa shape index (κ2) is 6.50. The summed E-state index contributed by atoms with van der Waals surface area (Å²) in [6, 6.07) is 2.24. The highest BCUT2D eigenvalue weighted by atomic mass is 32.1. The summed E-state index contributed by atoms with van der Waals surface area (Å²) < 4.78 is 11.2. The van der Waals surface area contributed by atoms with Crippen LogP contribution in [-0.4, -0.2) is 37.5 Å². The van der Waals surface area contributed by atoms with E-state index < -0.39 is 0 Å². The van der Waals surface area contributed by atoms with Gasteiger partial charge in [0.15, 0.2) is 6.29 Å². The van der Waals surface area contributed by atoms with Crippen LogP contribution in [0.25, 0.3) is 0 Å². The third kappa shape index (κ3) is 3.52. The van der Waals surface area contributed by atoms with Gasteiger partial charge in [0.2, 0.25) is 0 Å². The summed E-state index contributed by atoms with van der Waals surface area (Å²) in [5.74, 6) is 0. The first kappa shape index (κ1) is 13.0. The van der Waals surface area contributed by atoms with Crippen molar-refractivity contribution < 1.29 is 9.47 Å². The van der Waals surface area contributed by atoms with Gasteiger partial charge in [0.05, 0.1) is 0 Å². The average molecular weight is 255 g/mol. The van der Waals surface area contributed by atoms with Crippen molar-refractivity contribution in [3.8, 4) is 0 Å². The van der Waals surface area contributed by atoms with Gasteiger partial charge in [0, 0.05) is 37.7 Å². The molecule has 0 atom stereocenters. The quantitative estimate of drug-likeness (QED) is 0.729. The molecule has 1 aromatic heterocycles. The van der Waals surface area contributed by atoms with E-state index >= 15 is 0 Å². The molecular formula is C13H21NO2S. The van der Waals surface area contributed by atoms with E-state index in [2.05, 4.69) is 16.3 Å². The van der Waals surface area contributed by atoms with Crippen molar-refractivity contribution >= 4 is 11.3 Å². The van der Waals surface area contributed by atoms with Gasteiger partial charge in [0.1, 0.15) is 0 Å². The molecule has 2 heterocycles. The van der Waals surface area contributed by atoms with E-state index in [1.165, 1.54) is 5.56 Å². The summed E-state index contributed by atoms with van der Waals surface area (Å²) >= 11 is 1.88. The minimum atomic E-state index is -0.0785. The third-order valence-electron chi connectivity index (χ3n) is 3.00. The van der Waals surface area contributed by atoms with Crippen LogP contribution >= 0.6 is 11.3 Å². The lowest BCUT2D eigenvalue weighted by Gasteiger charge is -2.30. The Morgan fingerprint density at radius 3 is 2.82 bits per heavy atom. The molecule has 0 amide bonds. The lowest BCUT2D eigenvalue weighted by molar-refractivity contribution is -0.148. The van der Waals surface area contributed by atoms with Crippen molar-refractivity contribution in [2.24, 2.45) is 0 Å². The standard InChI is InChI=1S/C13H21NO2S/c1-3-15-13(16-4-2)10-14-7-5-12-11(9-14)6-8-17-12/h6,8,13H,3-5,7,9-10H2,1-2H3. The van der Waals surface area contributed by atoms with E-state index in [0.29, 0.717) is 13.2 Å². The fourth-order valence-electron chi connectivity index (χ4n) is 2.20. The Morgan fingerprint density at radius 2 is 2.12 bits per heavy atom. The van der Waals surface area contributed by atoms with Gasteiger partial charge in [0.25, 0.3) is 0 Å². The van der Waals surface area contributed by atoms with Crippen molar-refractivity contribution in [3.63, 3.8) is 0 Å². The number of hydrogen-bond donors (Lipinski definition) is 0. The Kier molecular flexibility index (Phi) is 4.98. The molecule has 0 bridgehead atoms. The number of thiophene rings is 1. The highest BCUT2D eigenvalue weighted by Gasteiger charge is 2.20. The van der Waals surface area contributed by atoms with Gasteiger partial charge >= 0.3 is 0 Å². The van der Waals surface area contributed by atoms with Crippen molar-refractivity contribution in [1.29, 1.82) is 0 Å². The molecule has 0 spiro atoms. The maximum Gasteiger partial charge on any atom is 0.170 e. The van der Waals surface area contributed by atoms with Crippen molar-refractivity contribution in [2.45, 2.75) is 33.1 Å². The van der Waals surface area contributed by atoms with Crippen LogP contribution in [0.3, 0.4) is 0 Å². The van der Waals surface area contributed by atoms with Gasteiger partial charge in [-0.05, 0) is 37.3 Å². The number of nitrogens with zero attached hydrogens (tertiary/aromatic N) is 1. The van der Waals surface area contributed by atoms with Gasteiger partial charge in [-0.2, -0.15) is 0 Å². The Morgan fingerprint density at radius 1 is 1.35 bits per heavy atom. The summed E-state index contributed by atoms with van der Waals surface area (Å²) in [6.45, 7) is 8.47. The maximum absolute atomic E-state index is 5.59. The molecule has 2 rings (SSSR count). The van der Waals surface area contributed by atoms with Crippen LogP contribution in [0, 0.1) is 0 Å². The highest BCUT2D eigenvalue weighted by Crippen LogP contribution is 2.24. The first-order chi connectivity index (χ1) is 8.33. The predicted octanol–water partition coefficient (Wildman–Crippen LogP) is 2.51. The van der Waals surface area contributed by atoms with E-state index in [4.69, 9.17) is 9.47 Å². The SMILES string of the molecule is CCOC(CN1CCc2sccc2C1)OCC. The van der Waals surface area contributed by atoms with Gasteiger partial charge in [-0.1, -0.05) is 0 Å². The van der Waals surface area contributed by atoms with Gasteiger partial charge in [-0.25, -0.2) is 0 Å². The monoisotopic (exact) mass is 255 g/mol. The Labute approximate surface area is 107 Å². The van der Waals surface area contributed by atoms with E-state index in [9.17, 15) is 0 Å². The molecule has 1 aliphatic rings. The molecule has 0 saturated carbocycles. The topological polar surface area (TPSA) is 21.7 Å². The van der Waals surface area contributed by atoms with E-state index in [1.807, 2.05) is 25.2 Å². The molecule has 0 aromatic carbocycles. The zero-order chi connectivity index (χ0) is 12.1. The Balaban J connectivity index is 1.87. The zero-order valence-electron chi connectivity index (χ0n) is 10.6. The third-order valence-corrected chi connectivity index (χ3v) is 4.02. The lowest BCUT2D eigenvalue weighted by atomic mass is 10.1. The molecule has 1 aromatic rings. The smallest absolute Gasteiger partial charge is 0.170 e. The number of rotatable bonds is 6. The van der Waals surface area contributed by atoms with Gasteiger partial charge < -0.3 is 9.47 Å². The largest absolute Gasteiger partial charge is 0.352 e. The van der Waals surface area contributed by atoms with Crippen LogP contribution < -0.4 is 0 Å². The normalized spacial score (nSPS) is 16.4. The van der Waals surface area contributed by atoms with Crippen LogP contribution in [0.1, 0.15) is 24.3 Å². The molecule has 3 nitrogen and oxygen atoms in total. The van der Waals surface area contributed by atoms with Crippen LogP contribution in [0.2, 0.25) is 0 Å². The highest BCUT2D eigenvalue weighted by molar-refractivity contribution is 7.10. The molecule has 17 heavy (non-hydrogen) atoms. The molecule has 0 aliphatic carbocycles. The predicted molar refractivity (Wildman–Crippen MR) is 70.3 cm³/mol. The summed E-state index contributed by atoms with van der Waals surface area (Å²) in [6.07, 6.45) is 1.09. The van der Waals surface area contributed by atoms with Gasteiger partial charge in [-0.15, -0.1) is 11.3 Å². The number of fused-ring (bicyclic) bond motifs is 1. The van der Waals surface area contributed by atoms with Crippen molar-refractivity contribution in [3.05, 3.63) is 21.9 Å². The molecule has 96 valence electrons. The zero-order valence-corrected chi connectivity index (χ0v) is 11.5. The fraction of sp³-hybridized carbons (Fsp3) is 0.692. The first-order valence-electron chi connectivity index (χ1n) is 6.34.